The first-order valence-electron chi connectivity index (χ1n) is 7.95. The number of nitrogens with one attached hydrogen (secondary N) is 1. The highest BCUT2D eigenvalue weighted by Gasteiger charge is 2.30. The van der Waals surface area contributed by atoms with Gasteiger partial charge in [0.2, 0.25) is 11.8 Å². The predicted molar refractivity (Wildman–Crippen MR) is 94.1 cm³/mol. The SMILES string of the molecule is C[C@H](Sc1nnc(Cc2ccccc2)o1)C(=O)N[C@H]1CCS(=O)(=O)C1. The molecule has 25 heavy (non-hydrogen) atoms. The van der Waals surface area contributed by atoms with E-state index in [1.54, 1.807) is 6.92 Å². The van der Waals surface area contributed by atoms with Crippen molar-refractivity contribution in [3.8, 4) is 0 Å². The first-order valence-corrected chi connectivity index (χ1v) is 10.7. The second-order valence-electron chi connectivity index (χ2n) is 5.99. The minimum atomic E-state index is -3.01. The Morgan fingerprint density at radius 3 is 2.80 bits per heavy atom. The summed E-state index contributed by atoms with van der Waals surface area (Å²) in [7, 11) is -3.01. The molecule has 0 unspecified atom stereocenters. The Morgan fingerprint density at radius 1 is 1.36 bits per heavy atom. The van der Waals surface area contributed by atoms with Crippen LogP contribution in [0.1, 0.15) is 24.8 Å². The van der Waals surface area contributed by atoms with Crippen LogP contribution in [0, 0.1) is 0 Å². The van der Waals surface area contributed by atoms with Crippen LogP contribution in [-0.4, -0.2) is 47.3 Å². The quantitative estimate of drug-likeness (QED) is 0.756. The average Bonchev–Trinajstić information content (AvgIpc) is 3.14. The van der Waals surface area contributed by atoms with Crippen molar-refractivity contribution in [2.75, 3.05) is 11.5 Å². The van der Waals surface area contributed by atoms with Crippen molar-refractivity contribution < 1.29 is 17.6 Å². The molecule has 1 aromatic carbocycles. The van der Waals surface area contributed by atoms with E-state index in [1.807, 2.05) is 30.3 Å². The number of carbonyl (C=O) groups excluding carboxylic acids is 1. The maximum atomic E-state index is 12.2. The summed E-state index contributed by atoms with van der Waals surface area (Å²) in [6.45, 7) is 1.73. The smallest absolute Gasteiger partial charge is 0.277 e. The van der Waals surface area contributed by atoms with Crippen molar-refractivity contribution in [3.63, 3.8) is 0 Å². The fourth-order valence-corrected chi connectivity index (χ4v) is 4.94. The van der Waals surface area contributed by atoms with E-state index in [0.29, 0.717) is 24.0 Å². The minimum Gasteiger partial charge on any atom is -0.416 e. The molecule has 0 radical (unpaired) electrons. The molecule has 2 aromatic rings. The van der Waals surface area contributed by atoms with Gasteiger partial charge in [-0.2, -0.15) is 0 Å². The number of hydrogen-bond acceptors (Lipinski definition) is 7. The maximum Gasteiger partial charge on any atom is 0.277 e. The number of nitrogens with zero attached hydrogens (tertiary/aromatic N) is 2. The lowest BCUT2D eigenvalue weighted by atomic mass is 10.2. The number of amides is 1. The van der Waals surface area contributed by atoms with Gasteiger partial charge in [-0.1, -0.05) is 42.1 Å². The van der Waals surface area contributed by atoms with E-state index in [2.05, 4.69) is 15.5 Å². The summed E-state index contributed by atoms with van der Waals surface area (Å²) in [6, 6.07) is 9.46. The molecule has 0 saturated carbocycles. The summed E-state index contributed by atoms with van der Waals surface area (Å²) < 4.78 is 28.5. The van der Waals surface area contributed by atoms with Crippen molar-refractivity contribution in [1.82, 2.24) is 15.5 Å². The molecule has 7 nitrogen and oxygen atoms in total. The predicted octanol–water partition coefficient (Wildman–Crippen LogP) is 1.44. The minimum absolute atomic E-state index is 0.0118. The van der Waals surface area contributed by atoms with E-state index in [0.717, 1.165) is 17.3 Å². The third kappa shape index (κ3) is 5.05. The van der Waals surface area contributed by atoms with E-state index in [4.69, 9.17) is 4.42 Å². The number of benzene rings is 1. The fourth-order valence-electron chi connectivity index (χ4n) is 2.56. The number of sulfone groups is 1. The molecule has 0 spiro atoms. The lowest BCUT2D eigenvalue weighted by Gasteiger charge is -2.14. The molecular formula is C16H19N3O4S2. The molecule has 3 rings (SSSR count). The second-order valence-corrected chi connectivity index (χ2v) is 9.51. The van der Waals surface area contributed by atoms with Gasteiger partial charge < -0.3 is 9.73 Å². The van der Waals surface area contributed by atoms with Crippen LogP contribution in [0.25, 0.3) is 0 Å². The zero-order valence-electron chi connectivity index (χ0n) is 13.7. The number of hydrogen-bond donors (Lipinski definition) is 1. The van der Waals surface area contributed by atoms with Crippen LogP contribution >= 0.6 is 11.8 Å². The molecule has 1 saturated heterocycles. The highest BCUT2D eigenvalue weighted by Crippen LogP contribution is 2.23. The summed E-state index contributed by atoms with van der Waals surface area (Å²) in [5, 5.41) is 10.6. The van der Waals surface area contributed by atoms with Crippen LogP contribution in [0.4, 0.5) is 0 Å². The zero-order valence-corrected chi connectivity index (χ0v) is 15.3. The lowest BCUT2D eigenvalue weighted by molar-refractivity contribution is -0.120. The van der Waals surface area contributed by atoms with Gasteiger partial charge in [0.25, 0.3) is 5.22 Å². The summed E-state index contributed by atoms with van der Waals surface area (Å²) in [5.74, 6) is 0.405. The van der Waals surface area contributed by atoms with Gasteiger partial charge in [-0.25, -0.2) is 8.42 Å². The molecule has 1 N–H and O–H groups in total. The van der Waals surface area contributed by atoms with E-state index in [-0.39, 0.29) is 23.5 Å². The molecule has 1 aromatic heterocycles. The highest BCUT2D eigenvalue weighted by molar-refractivity contribution is 8.00. The molecule has 2 atom stereocenters. The van der Waals surface area contributed by atoms with E-state index >= 15 is 0 Å². The summed E-state index contributed by atoms with van der Waals surface area (Å²) in [6.07, 6.45) is 1.00. The zero-order chi connectivity index (χ0) is 17.9. The summed E-state index contributed by atoms with van der Waals surface area (Å²) >= 11 is 1.16. The molecule has 1 amide bonds. The van der Waals surface area contributed by atoms with Crippen LogP contribution < -0.4 is 5.32 Å². The standard InChI is InChI=1S/C16H19N3O4S2/c1-11(15(20)17-13-7-8-25(21,22)10-13)24-16-19-18-14(23-16)9-12-5-3-2-4-6-12/h2-6,11,13H,7-10H2,1H3,(H,17,20)/t11-,13-/m0/s1. The Morgan fingerprint density at radius 2 is 2.12 bits per heavy atom. The van der Waals surface area contributed by atoms with Crippen LogP contribution in [0.15, 0.2) is 40.0 Å². The molecule has 9 heteroatoms. The van der Waals surface area contributed by atoms with Crippen molar-refractivity contribution in [3.05, 3.63) is 41.8 Å². The van der Waals surface area contributed by atoms with E-state index < -0.39 is 15.1 Å². The fraction of sp³-hybridized carbons (Fsp3) is 0.438. The molecular weight excluding hydrogens is 362 g/mol. The third-order valence-corrected chi connectivity index (χ3v) is 6.57. The Hall–Kier alpha value is -1.87. The van der Waals surface area contributed by atoms with Gasteiger partial charge in [-0.05, 0) is 18.9 Å². The lowest BCUT2D eigenvalue weighted by Crippen LogP contribution is -2.39. The van der Waals surface area contributed by atoms with Gasteiger partial charge in [0.1, 0.15) is 0 Å². The van der Waals surface area contributed by atoms with Gasteiger partial charge in [0.15, 0.2) is 9.84 Å². The van der Waals surface area contributed by atoms with Gasteiger partial charge in [-0.3, -0.25) is 4.79 Å². The van der Waals surface area contributed by atoms with Crippen molar-refractivity contribution in [1.29, 1.82) is 0 Å². The maximum absolute atomic E-state index is 12.2. The molecule has 2 heterocycles. The number of rotatable bonds is 6. The first kappa shape index (κ1) is 17.9. The normalized spacial score (nSPS) is 20.3. The molecule has 1 aliphatic rings. The first-order chi connectivity index (χ1) is 11.9. The molecule has 0 bridgehead atoms. The third-order valence-electron chi connectivity index (χ3n) is 3.87. The Balaban J connectivity index is 1.52. The van der Waals surface area contributed by atoms with Crippen molar-refractivity contribution in [2.45, 2.75) is 36.3 Å². The largest absolute Gasteiger partial charge is 0.416 e. The summed E-state index contributed by atoms with van der Waals surface area (Å²) in [5.41, 5.74) is 1.07. The van der Waals surface area contributed by atoms with Crippen LogP contribution in [0.5, 0.6) is 0 Å². The highest BCUT2D eigenvalue weighted by atomic mass is 32.2. The van der Waals surface area contributed by atoms with Gasteiger partial charge in [0, 0.05) is 6.04 Å². The Bertz CT molecular complexity index is 836. The molecule has 134 valence electrons. The number of thioether (sulfide) groups is 1. The average molecular weight is 381 g/mol. The van der Waals surface area contributed by atoms with E-state index in [1.165, 1.54) is 0 Å². The van der Waals surface area contributed by atoms with Gasteiger partial charge >= 0.3 is 0 Å². The van der Waals surface area contributed by atoms with Crippen LogP contribution in [0.2, 0.25) is 0 Å². The molecule has 1 aliphatic heterocycles. The Kier molecular flexibility index (Phi) is 5.43. The summed E-state index contributed by atoms with van der Waals surface area (Å²) in [4.78, 5) is 12.2. The van der Waals surface area contributed by atoms with Crippen LogP contribution in [0.3, 0.4) is 0 Å². The van der Waals surface area contributed by atoms with Crippen molar-refractivity contribution >= 4 is 27.5 Å². The van der Waals surface area contributed by atoms with Gasteiger partial charge in [0.05, 0.1) is 23.2 Å². The monoisotopic (exact) mass is 381 g/mol. The molecule has 1 fully saturated rings. The van der Waals surface area contributed by atoms with Gasteiger partial charge in [-0.15, -0.1) is 10.2 Å². The molecule has 0 aliphatic carbocycles. The van der Waals surface area contributed by atoms with E-state index in [9.17, 15) is 13.2 Å². The topological polar surface area (TPSA) is 102 Å². The van der Waals surface area contributed by atoms with Crippen molar-refractivity contribution in [2.24, 2.45) is 0 Å². The number of aromatic nitrogens is 2. The second kappa shape index (κ2) is 7.57. The number of carbonyl (C=O) groups is 1. The van der Waals surface area contributed by atoms with Crippen LogP contribution in [-0.2, 0) is 21.1 Å². The Labute approximate surface area is 150 Å².